The number of carbonyl (C=O) groups excluding carboxylic acids is 2. The number of hydrogen-bond acceptors (Lipinski definition) is 3. The van der Waals surface area contributed by atoms with Gasteiger partial charge < -0.3 is 5.11 Å². The Bertz CT molecular complexity index is 727. The topological polar surface area (TPSA) is 54.4 Å². The Hall–Kier alpha value is 0.240. The normalized spacial score (nSPS) is 47.2. The summed E-state index contributed by atoms with van der Waals surface area (Å²) in [7, 11) is 0. The van der Waals surface area contributed by atoms with E-state index in [9.17, 15) is 14.7 Å². The highest BCUT2D eigenvalue weighted by molar-refractivity contribution is 14.2. The van der Waals surface area contributed by atoms with Gasteiger partial charge in [-0.2, -0.15) is 0 Å². The minimum absolute atomic E-state index is 0.00733. The highest BCUT2D eigenvalue weighted by Crippen LogP contribution is 2.67. The van der Waals surface area contributed by atoms with E-state index in [0.29, 0.717) is 24.2 Å². The number of aliphatic hydroxyl groups is 1. The molecule has 0 amide bonds. The third-order valence-corrected chi connectivity index (χ3v) is 9.45. The average molecular weight is 580 g/mol. The Morgan fingerprint density at radius 1 is 1.19 bits per heavy atom. The summed E-state index contributed by atoms with van der Waals surface area (Å²) in [5.74, 6) is 1.56. The Morgan fingerprint density at radius 3 is 2.58 bits per heavy atom. The second-order valence-corrected chi connectivity index (χ2v) is 14.0. The van der Waals surface area contributed by atoms with Crippen molar-refractivity contribution in [3.63, 3.8) is 0 Å². The number of fused-ring (bicyclic) bond motifs is 5. The molecule has 0 radical (unpaired) electrons. The molecule has 3 saturated carbocycles. The molecule has 3 nitrogen and oxygen atoms in total. The van der Waals surface area contributed by atoms with Crippen LogP contribution in [0, 0.1) is 28.6 Å². The van der Waals surface area contributed by atoms with Crippen molar-refractivity contribution >= 4 is 56.7 Å². The van der Waals surface area contributed by atoms with Crippen LogP contribution in [0.15, 0.2) is 23.8 Å². The molecule has 0 aromatic heterocycles. The highest BCUT2D eigenvalue weighted by atomic mass is 127. The predicted octanol–water partition coefficient (Wildman–Crippen LogP) is 4.79. The maximum atomic E-state index is 12.9. The number of alkyl halides is 2. The van der Waals surface area contributed by atoms with Crippen LogP contribution in [0.2, 0.25) is 0 Å². The van der Waals surface area contributed by atoms with Gasteiger partial charge in [-0.15, -0.1) is 0 Å². The first-order chi connectivity index (χ1) is 12.1. The predicted molar refractivity (Wildman–Crippen MR) is 118 cm³/mol. The van der Waals surface area contributed by atoms with E-state index < -0.39 is 5.60 Å². The zero-order valence-corrected chi connectivity index (χ0v) is 19.6. The minimum Gasteiger partial charge on any atom is -0.381 e. The van der Waals surface area contributed by atoms with E-state index in [0.717, 1.165) is 32.1 Å². The molecular formula is C21H26I2O3. The van der Waals surface area contributed by atoms with Gasteiger partial charge in [0.2, 0.25) is 0 Å². The third-order valence-electron chi connectivity index (χ3n) is 8.31. The van der Waals surface area contributed by atoms with Gasteiger partial charge in [0.05, 0.1) is 0 Å². The highest BCUT2D eigenvalue weighted by Gasteiger charge is 2.66. The second-order valence-electron chi connectivity index (χ2n) is 9.12. The zero-order chi connectivity index (χ0) is 18.9. The fourth-order valence-corrected chi connectivity index (χ4v) is 7.83. The first-order valence-corrected chi connectivity index (χ1v) is 12.1. The Kier molecular flexibility index (Phi) is 4.79. The smallest absolute Gasteiger partial charge is 0.187 e. The quantitative estimate of drug-likeness (QED) is 0.378. The van der Waals surface area contributed by atoms with Crippen molar-refractivity contribution in [1.82, 2.24) is 0 Å². The summed E-state index contributed by atoms with van der Waals surface area (Å²) >= 11 is 4.27. The van der Waals surface area contributed by atoms with E-state index in [4.69, 9.17) is 0 Å². The molecule has 0 spiro atoms. The van der Waals surface area contributed by atoms with Crippen LogP contribution in [0.3, 0.4) is 0 Å². The fraction of sp³-hybridized carbons (Fsp3) is 0.714. The lowest BCUT2D eigenvalue weighted by Gasteiger charge is -2.58. The maximum Gasteiger partial charge on any atom is 0.187 e. The molecule has 1 N–H and O–H groups in total. The second kappa shape index (κ2) is 6.37. The summed E-state index contributed by atoms with van der Waals surface area (Å²) in [5, 5.41) is 11.5. The molecular weight excluding hydrogens is 554 g/mol. The first kappa shape index (κ1) is 19.6. The molecule has 0 bridgehead atoms. The summed E-state index contributed by atoms with van der Waals surface area (Å²) in [6.07, 6.45) is 11.2. The lowest BCUT2D eigenvalue weighted by Crippen LogP contribution is -2.58. The van der Waals surface area contributed by atoms with Crippen LogP contribution in [0.4, 0.5) is 0 Å². The number of carbonyl (C=O) groups is 2. The Morgan fingerprint density at radius 2 is 1.88 bits per heavy atom. The first-order valence-electron chi connectivity index (χ1n) is 9.62. The van der Waals surface area contributed by atoms with Gasteiger partial charge in [-0.25, -0.2) is 0 Å². The SMILES string of the molecule is C[C@]12C=CC(=O)C=C1CC[C@@H]1[C@@H]2CC[C@@]2(C)[C@H]1CC[C@]2(O)C(=O)C(I)I. The number of ketones is 2. The van der Waals surface area contributed by atoms with Crippen LogP contribution in [-0.4, -0.2) is 24.2 Å². The molecule has 26 heavy (non-hydrogen) atoms. The largest absolute Gasteiger partial charge is 0.381 e. The van der Waals surface area contributed by atoms with Crippen molar-refractivity contribution in [2.75, 3.05) is 0 Å². The van der Waals surface area contributed by atoms with Gasteiger partial charge in [-0.3, -0.25) is 9.59 Å². The number of halogens is 2. The lowest BCUT2D eigenvalue weighted by molar-refractivity contribution is -0.158. The molecule has 0 aromatic rings. The lowest BCUT2D eigenvalue weighted by atomic mass is 9.47. The van der Waals surface area contributed by atoms with E-state index in [2.05, 4.69) is 65.1 Å². The number of hydrogen-bond donors (Lipinski definition) is 1. The number of allylic oxidation sites excluding steroid dienone is 4. The number of rotatable bonds is 2. The summed E-state index contributed by atoms with van der Waals surface area (Å²) in [6, 6.07) is 0. The van der Waals surface area contributed by atoms with Crippen molar-refractivity contribution in [3.8, 4) is 0 Å². The molecule has 0 aliphatic heterocycles. The number of Topliss-reactive ketones (excluding diaryl/α,β-unsaturated/α-hetero) is 1. The summed E-state index contributed by atoms with van der Waals surface area (Å²) in [4.78, 5) is 24.7. The van der Waals surface area contributed by atoms with Crippen molar-refractivity contribution < 1.29 is 14.7 Å². The molecule has 0 saturated heterocycles. The van der Waals surface area contributed by atoms with Gasteiger partial charge in [0, 0.05) is 10.8 Å². The van der Waals surface area contributed by atoms with Crippen LogP contribution in [0.25, 0.3) is 0 Å². The summed E-state index contributed by atoms with van der Waals surface area (Å²) in [5.41, 5.74) is -0.229. The Labute approximate surface area is 182 Å². The molecule has 5 heteroatoms. The van der Waals surface area contributed by atoms with Gasteiger partial charge in [0.15, 0.2) is 11.6 Å². The molecule has 142 valence electrons. The molecule has 0 aromatic carbocycles. The molecule has 0 heterocycles. The third kappa shape index (κ3) is 2.51. The van der Waals surface area contributed by atoms with Crippen LogP contribution in [0.1, 0.15) is 52.4 Å². The molecule has 4 aliphatic carbocycles. The molecule has 0 unspecified atom stereocenters. The van der Waals surface area contributed by atoms with Crippen molar-refractivity contribution in [2.24, 2.45) is 28.6 Å². The standard InChI is InChI=1S/C21H26I2O3/c1-19-8-5-13(24)11-12(19)3-4-14-15(19)6-9-20(2)16(14)7-10-21(20,26)17(25)18(22)23/h5,8,11,14-16,18,26H,3-4,6-7,9-10H2,1-2H3/t14-,15+,16+,19+,20+,21+/m1/s1. The van der Waals surface area contributed by atoms with Gasteiger partial charge >= 0.3 is 0 Å². The van der Waals surface area contributed by atoms with E-state index in [-0.39, 0.29) is 24.3 Å². The van der Waals surface area contributed by atoms with Gasteiger partial charge in [-0.05, 0) is 68.4 Å². The van der Waals surface area contributed by atoms with E-state index in [1.54, 1.807) is 6.08 Å². The summed E-state index contributed by atoms with van der Waals surface area (Å²) < 4.78 is -0.186. The van der Waals surface area contributed by atoms with E-state index >= 15 is 0 Å². The monoisotopic (exact) mass is 580 g/mol. The summed E-state index contributed by atoms with van der Waals surface area (Å²) in [6.45, 7) is 4.46. The van der Waals surface area contributed by atoms with E-state index in [1.165, 1.54) is 5.57 Å². The van der Waals surface area contributed by atoms with Crippen LogP contribution < -0.4 is 0 Å². The van der Waals surface area contributed by atoms with Crippen LogP contribution >= 0.6 is 45.2 Å². The maximum absolute atomic E-state index is 12.9. The molecule has 4 rings (SSSR count). The van der Waals surface area contributed by atoms with Gasteiger partial charge in [0.25, 0.3) is 0 Å². The molecule has 3 fully saturated rings. The van der Waals surface area contributed by atoms with Gasteiger partial charge in [-0.1, -0.05) is 70.7 Å². The van der Waals surface area contributed by atoms with Crippen molar-refractivity contribution in [3.05, 3.63) is 23.8 Å². The zero-order valence-electron chi connectivity index (χ0n) is 15.3. The van der Waals surface area contributed by atoms with E-state index in [1.807, 2.05) is 6.08 Å². The Balaban J connectivity index is 1.69. The van der Waals surface area contributed by atoms with Crippen LogP contribution in [0.5, 0.6) is 0 Å². The minimum atomic E-state index is -1.18. The fourth-order valence-electron chi connectivity index (χ4n) is 6.80. The van der Waals surface area contributed by atoms with Crippen LogP contribution in [-0.2, 0) is 9.59 Å². The average Bonchev–Trinajstić information content (AvgIpc) is 2.87. The molecule has 4 aliphatic rings. The van der Waals surface area contributed by atoms with Crippen molar-refractivity contribution in [2.45, 2.75) is 59.9 Å². The van der Waals surface area contributed by atoms with Gasteiger partial charge in [0.1, 0.15) is 7.53 Å². The molecule has 6 atom stereocenters. The van der Waals surface area contributed by atoms with Crippen molar-refractivity contribution in [1.29, 1.82) is 0 Å².